The summed E-state index contributed by atoms with van der Waals surface area (Å²) in [4.78, 5) is 20.0. The summed E-state index contributed by atoms with van der Waals surface area (Å²) in [5.74, 6) is 2.11. The summed E-state index contributed by atoms with van der Waals surface area (Å²) in [6, 6.07) is 9.01. The van der Waals surface area contributed by atoms with Crippen LogP contribution in [-0.2, 0) is 6.42 Å². The Kier molecular flexibility index (Phi) is 12.0. The predicted octanol–water partition coefficient (Wildman–Crippen LogP) is 10.2. The van der Waals surface area contributed by atoms with E-state index in [0.717, 1.165) is 37.9 Å². The summed E-state index contributed by atoms with van der Waals surface area (Å²) >= 11 is 0. The van der Waals surface area contributed by atoms with E-state index < -0.39 is 0 Å². The molecule has 0 aliphatic carbocycles. The molecule has 0 saturated carbocycles. The highest BCUT2D eigenvalue weighted by molar-refractivity contribution is 5.49. The number of unbranched alkanes of at least 4 members (excludes halogenated alkanes) is 9. The van der Waals surface area contributed by atoms with Crippen LogP contribution >= 0.6 is 0 Å². The molecule has 3 heterocycles. The van der Waals surface area contributed by atoms with E-state index >= 15 is 0 Å². The SMILES string of the molecule is CCCCCCCCCCCCc1ccc(Oc2nc(N3C(C)(C)CCCC3(C)C)nc(N3C(C)(C)CC(N)CC3(C)C)n2)cc1. The fourth-order valence-corrected chi connectivity index (χ4v) is 8.66. The van der Waals surface area contributed by atoms with Crippen molar-refractivity contribution in [2.45, 2.75) is 193 Å². The molecule has 0 atom stereocenters. The van der Waals surface area contributed by atoms with Gasteiger partial charge in [-0.2, -0.15) is 15.0 Å². The van der Waals surface area contributed by atoms with Gasteiger partial charge in [-0.1, -0.05) is 76.8 Å². The molecule has 7 heteroatoms. The highest BCUT2D eigenvalue weighted by Gasteiger charge is 2.48. The van der Waals surface area contributed by atoms with Gasteiger partial charge in [0, 0.05) is 28.2 Å². The average Bonchev–Trinajstić information content (AvgIpc) is 2.92. The molecule has 258 valence electrons. The minimum atomic E-state index is -0.222. The third-order valence-electron chi connectivity index (χ3n) is 10.5. The molecule has 0 amide bonds. The molecule has 2 fully saturated rings. The van der Waals surface area contributed by atoms with Crippen LogP contribution in [0, 0.1) is 0 Å². The lowest BCUT2D eigenvalue weighted by Crippen LogP contribution is -2.64. The quantitative estimate of drug-likeness (QED) is 0.195. The summed E-state index contributed by atoms with van der Waals surface area (Å²) in [7, 11) is 0. The first-order valence-electron chi connectivity index (χ1n) is 18.5. The molecule has 2 N–H and O–H groups in total. The van der Waals surface area contributed by atoms with Gasteiger partial charge in [0.05, 0.1) is 0 Å². The number of aromatic nitrogens is 3. The zero-order chi connectivity index (χ0) is 33.6. The van der Waals surface area contributed by atoms with Crippen molar-refractivity contribution in [3.05, 3.63) is 29.8 Å². The van der Waals surface area contributed by atoms with Gasteiger partial charge in [-0.05, 0) is 118 Å². The van der Waals surface area contributed by atoms with Gasteiger partial charge in [-0.3, -0.25) is 0 Å². The van der Waals surface area contributed by atoms with Crippen LogP contribution in [0.15, 0.2) is 24.3 Å². The molecule has 0 radical (unpaired) electrons. The Morgan fingerprint density at radius 2 is 1.11 bits per heavy atom. The lowest BCUT2D eigenvalue weighted by atomic mass is 9.77. The van der Waals surface area contributed by atoms with Gasteiger partial charge >= 0.3 is 6.01 Å². The number of rotatable bonds is 15. The summed E-state index contributed by atoms with van der Waals surface area (Å²) in [5.41, 5.74) is 7.28. The van der Waals surface area contributed by atoms with Gasteiger partial charge in [0.2, 0.25) is 11.9 Å². The Morgan fingerprint density at radius 1 is 0.652 bits per heavy atom. The Labute approximate surface area is 281 Å². The number of piperidine rings is 2. The smallest absolute Gasteiger partial charge is 0.328 e. The maximum Gasteiger partial charge on any atom is 0.328 e. The first kappa shape index (κ1) is 36.4. The third-order valence-corrected chi connectivity index (χ3v) is 10.5. The molecule has 2 saturated heterocycles. The lowest BCUT2D eigenvalue weighted by molar-refractivity contribution is 0.214. The second-order valence-corrected chi connectivity index (χ2v) is 16.8. The summed E-state index contributed by atoms with van der Waals surface area (Å²) in [6.45, 7) is 20.5. The molecule has 0 unspecified atom stereocenters. The monoisotopic (exact) mass is 635 g/mol. The van der Waals surface area contributed by atoms with Gasteiger partial charge in [0.15, 0.2) is 0 Å². The van der Waals surface area contributed by atoms with Crippen molar-refractivity contribution in [3.8, 4) is 11.8 Å². The third kappa shape index (κ3) is 9.35. The molecule has 7 nitrogen and oxygen atoms in total. The number of nitrogens with zero attached hydrogens (tertiary/aromatic N) is 5. The van der Waals surface area contributed by atoms with Crippen LogP contribution in [0.5, 0.6) is 11.8 Å². The summed E-state index contributed by atoms with van der Waals surface area (Å²) in [5, 5.41) is 0. The van der Waals surface area contributed by atoms with Crippen LogP contribution in [0.1, 0.15) is 164 Å². The molecule has 0 spiro atoms. The average molecular weight is 635 g/mol. The van der Waals surface area contributed by atoms with E-state index in [2.05, 4.69) is 96.4 Å². The number of nitrogens with two attached hydrogens (primary N) is 1. The fourth-order valence-electron chi connectivity index (χ4n) is 8.66. The Bertz CT molecular complexity index is 1200. The Hall–Kier alpha value is -2.41. The van der Waals surface area contributed by atoms with Gasteiger partial charge in [0.25, 0.3) is 0 Å². The van der Waals surface area contributed by atoms with Crippen molar-refractivity contribution >= 4 is 11.9 Å². The van der Waals surface area contributed by atoms with Crippen molar-refractivity contribution in [1.29, 1.82) is 0 Å². The maximum atomic E-state index is 6.55. The van der Waals surface area contributed by atoms with Gasteiger partial charge < -0.3 is 20.3 Å². The van der Waals surface area contributed by atoms with E-state index in [9.17, 15) is 0 Å². The zero-order valence-electron chi connectivity index (χ0n) is 30.9. The fraction of sp³-hybridized carbons (Fsp3) is 0.769. The predicted molar refractivity (Wildman–Crippen MR) is 194 cm³/mol. The number of ether oxygens (including phenoxy) is 1. The van der Waals surface area contributed by atoms with Crippen LogP contribution < -0.4 is 20.3 Å². The molecule has 2 aliphatic rings. The van der Waals surface area contributed by atoms with Crippen LogP contribution in [0.25, 0.3) is 0 Å². The van der Waals surface area contributed by atoms with Gasteiger partial charge in [-0.15, -0.1) is 0 Å². The minimum Gasteiger partial charge on any atom is -0.424 e. The van der Waals surface area contributed by atoms with E-state index in [1.165, 1.54) is 76.2 Å². The van der Waals surface area contributed by atoms with E-state index in [1.807, 2.05) is 0 Å². The topological polar surface area (TPSA) is 80.4 Å². The Balaban J connectivity index is 1.50. The molecule has 1 aromatic carbocycles. The van der Waals surface area contributed by atoms with E-state index in [-0.39, 0.29) is 28.2 Å². The van der Waals surface area contributed by atoms with Crippen LogP contribution in [0.2, 0.25) is 0 Å². The van der Waals surface area contributed by atoms with Crippen LogP contribution in [-0.4, -0.2) is 43.1 Å². The Morgan fingerprint density at radius 3 is 1.61 bits per heavy atom. The molecule has 46 heavy (non-hydrogen) atoms. The largest absolute Gasteiger partial charge is 0.424 e. The maximum absolute atomic E-state index is 6.55. The van der Waals surface area contributed by atoms with Crippen molar-refractivity contribution in [1.82, 2.24) is 15.0 Å². The molecule has 2 aromatic rings. The second kappa shape index (κ2) is 15.2. The number of benzene rings is 1. The van der Waals surface area contributed by atoms with E-state index in [0.29, 0.717) is 17.9 Å². The van der Waals surface area contributed by atoms with Crippen molar-refractivity contribution < 1.29 is 4.74 Å². The van der Waals surface area contributed by atoms with Crippen molar-refractivity contribution in [2.24, 2.45) is 5.73 Å². The molecular formula is C39H66N6O. The minimum absolute atomic E-state index is 0.0940. The van der Waals surface area contributed by atoms with Crippen LogP contribution in [0.4, 0.5) is 11.9 Å². The highest BCUT2D eigenvalue weighted by Crippen LogP contribution is 2.44. The molecule has 0 bridgehead atoms. The van der Waals surface area contributed by atoms with E-state index in [4.69, 9.17) is 25.4 Å². The van der Waals surface area contributed by atoms with Gasteiger partial charge in [-0.25, -0.2) is 0 Å². The number of hydrogen-bond acceptors (Lipinski definition) is 7. The standard InChI is InChI=1S/C39H66N6O/c1-10-11-12-13-14-15-16-17-18-19-21-30-22-24-32(25-23-30)46-35-42-33(44-36(2,3)26-20-27-37(44,4)5)41-34(43-35)45-38(6,7)28-31(40)29-39(45,8)9/h22-25,31H,10-21,26-29,40H2,1-9H3. The first-order chi connectivity index (χ1) is 21.6. The van der Waals surface area contributed by atoms with Crippen molar-refractivity contribution in [3.63, 3.8) is 0 Å². The molecule has 2 aliphatic heterocycles. The van der Waals surface area contributed by atoms with E-state index in [1.54, 1.807) is 0 Å². The summed E-state index contributed by atoms with van der Waals surface area (Å²) < 4.78 is 6.45. The highest BCUT2D eigenvalue weighted by atomic mass is 16.5. The van der Waals surface area contributed by atoms with Crippen LogP contribution in [0.3, 0.4) is 0 Å². The number of aryl methyl sites for hydroxylation is 1. The number of hydrogen-bond donors (Lipinski definition) is 1. The lowest BCUT2D eigenvalue weighted by Gasteiger charge is -2.55. The summed E-state index contributed by atoms with van der Waals surface area (Å²) in [6.07, 6.45) is 19.8. The van der Waals surface area contributed by atoms with Gasteiger partial charge in [0.1, 0.15) is 5.75 Å². The first-order valence-corrected chi connectivity index (χ1v) is 18.5. The number of anilines is 2. The second-order valence-electron chi connectivity index (χ2n) is 16.8. The zero-order valence-corrected chi connectivity index (χ0v) is 30.9. The normalized spacial score (nSPS) is 20.6. The molecular weight excluding hydrogens is 568 g/mol. The molecule has 1 aromatic heterocycles. The molecule has 4 rings (SSSR count). The van der Waals surface area contributed by atoms with Crippen molar-refractivity contribution in [2.75, 3.05) is 9.80 Å².